The molecule has 212 valence electrons. The predicted octanol–water partition coefficient (Wildman–Crippen LogP) is 4.41. The summed E-state index contributed by atoms with van der Waals surface area (Å²) in [5.74, 6) is -8.84. The molecule has 0 bridgehead atoms. The zero-order valence-electron chi connectivity index (χ0n) is 18.1. The van der Waals surface area contributed by atoms with Crippen LogP contribution in [0.25, 0.3) is 0 Å². The van der Waals surface area contributed by atoms with E-state index < -0.39 is 82.4 Å². The molecule has 0 radical (unpaired) electrons. The number of rotatable bonds is 11. The van der Waals surface area contributed by atoms with Crippen LogP contribution in [0.4, 0.5) is 43.9 Å². The Labute approximate surface area is 198 Å². The second-order valence-corrected chi connectivity index (χ2v) is 9.55. The van der Waals surface area contributed by atoms with Gasteiger partial charge in [0.05, 0.1) is 18.8 Å². The van der Waals surface area contributed by atoms with Crippen molar-refractivity contribution < 1.29 is 76.2 Å². The second kappa shape index (κ2) is 11.0. The molecule has 0 aromatic carbocycles. The number of alkyl halides is 10. The Kier molecular flexibility index (Phi) is 9.88. The quantitative estimate of drug-likeness (QED) is 0.124. The number of carbonyl (C=O) groups excluding carboxylic acids is 1. The van der Waals surface area contributed by atoms with Crippen LogP contribution in [0.1, 0.15) is 38.5 Å². The van der Waals surface area contributed by atoms with Gasteiger partial charge < -0.3 is 14.6 Å². The van der Waals surface area contributed by atoms with E-state index in [1.807, 2.05) is 0 Å². The van der Waals surface area contributed by atoms with E-state index in [2.05, 4.69) is 16.1 Å². The molecule has 1 aliphatic rings. The molecule has 36 heavy (non-hydrogen) atoms. The summed E-state index contributed by atoms with van der Waals surface area (Å²) in [5, 5.41) is 3.85. The average Bonchev–Trinajstić information content (AvgIpc) is 2.72. The third-order valence-electron chi connectivity index (χ3n) is 5.46. The Morgan fingerprint density at radius 2 is 1.42 bits per heavy atom. The highest BCUT2D eigenvalue weighted by Gasteiger charge is 2.76. The van der Waals surface area contributed by atoms with E-state index in [4.69, 9.17) is 4.55 Å². The summed E-state index contributed by atoms with van der Waals surface area (Å²) in [7, 11) is -6.53. The van der Waals surface area contributed by atoms with Crippen LogP contribution in [0.2, 0.25) is 0 Å². The first kappa shape index (κ1) is 32.4. The molecule has 0 spiro atoms. The van der Waals surface area contributed by atoms with Crippen LogP contribution in [-0.2, 0) is 24.4 Å². The summed E-state index contributed by atoms with van der Waals surface area (Å²) < 4.78 is 171. The van der Waals surface area contributed by atoms with Crippen molar-refractivity contribution in [1.82, 2.24) is 0 Å². The predicted molar refractivity (Wildman–Crippen MR) is 99.5 cm³/mol. The van der Waals surface area contributed by atoms with E-state index in [9.17, 15) is 62.2 Å². The maximum absolute atomic E-state index is 13.4. The van der Waals surface area contributed by atoms with Crippen molar-refractivity contribution in [3.05, 3.63) is 12.2 Å². The molecule has 0 amide bonds. The maximum atomic E-state index is 13.4. The molecular weight excluding hydrogens is 550 g/mol. The van der Waals surface area contributed by atoms with Crippen LogP contribution >= 0.6 is 0 Å². The SMILES string of the molecule is C=C(COCCC(F)(F)C(F)(F)S(=O)(=O)O)C(=O)OC(C1CCCCC1)C(O)(C(F)(F)F)C(F)(F)F. The molecule has 0 aliphatic heterocycles. The van der Waals surface area contributed by atoms with Crippen molar-refractivity contribution in [2.24, 2.45) is 5.92 Å². The molecule has 1 rings (SSSR count). The Balaban J connectivity index is 2.97. The molecule has 1 unspecified atom stereocenters. The van der Waals surface area contributed by atoms with Gasteiger partial charge in [-0.05, 0) is 18.8 Å². The third-order valence-corrected chi connectivity index (χ3v) is 6.41. The fourth-order valence-corrected chi connectivity index (χ4v) is 3.91. The molecule has 1 aliphatic carbocycles. The van der Waals surface area contributed by atoms with Gasteiger partial charge in [0, 0.05) is 6.42 Å². The highest BCUT2D eigenvalue weighted by atomic mass is 32.2. The number of aliphatic hydroxyl groups is 1. The molecular formula is C18H22F10O7S. The normalized spacial score (nSPS) is 18.1. The molecule has 1 atom stereocenters. The minimum atomic E-state index is -6.53. The number of esters is 1. The summed E-state index contributed by atoms with van der Waals surface area (Å²) in [6, 6.07) is 0. The van der Waals surface area contributed by atoms with Gasteiger partial charge in [0.2, 0.25) is 0 Å². The van der Waals surface area contributed by atoms with Crippen LogP contribution in [-0.4, -0.2) is 72.5 Å². The Morgan fingerprint density at radius 1 is 0.944 bits per heavy atom. The zero-order chi connectivity index (χ0) is 28.4. The zero-order valence-corrected chi connectivity index (χ0v) is 19.0. The summed E-state index contributed by atoms with van der Waals surface area (Å²) in [4.78, 5) is 12.2. The Hall–Kier alpha value is -1.66. The van der Waals surface area contributed by atoms with E-state index >= 15 is 0 Å². The summed E-state index contributed by atoms with van der Waals surface area (Å²) >= 11 is 0. The fraction of sp³-hybridized carbons (Fsp3) is 0.833. The van der Waals surface area contributed by atoms with E-state index in [0.717, 1.165) is 0 Å². The van der Waals surface area contributed by atoms with Crippen LogP contribution in [0.5, 0.6) is 0 Å². The molecule has 7 nitrogen and oxygen atoms in total. The van der Waals surface area contributed by atoms with Crippen LogP contribution in [0, 0.1) is 5.92 Å². The van der Waals surface area contributed by atoms with Gasteiger partial charge in [-0.15, -0.1) is 0 Å². The number of hydrogen-bond donors (Lipinski definition) is 2. The molecule has 18 heteroatoms. The Morgan fingerprint density at radius 3 is 1.83 bits per heavy atom. The second-order valence-electron chi connectivity index (χ2n) is 8.09. The highest BCUT2D eigenvalue weighted by molar-refractivity contribution is 7.87. The number of halogens is 10. The molecule has 0 aromatic heterocycles. The van der Waals surface area contributed by atoms with Crippen molar-refractivity contribution in [2.75, 3.05) is 13.2 Å². The highest BCUT2D eigenvalue weighted by Crippen LogP contribution is 2.50. The van der Waals surface area contributed by atoms with Crippen molar-refractivity contribution in [3.8, 4) is 0 Å². The first-order valence-corrected chi connectivity index (χ1v) is 11.5. The average molecular weight is 572 g/mol. The van der Waals surface area contributed by atoms with Gasteiger partial charge in [-0.2, -0.15) is 52.3 Å². The number of carbonyl (C=O) groups is 1. The van der Waals surface area contributed by atoms with E-state index in [-0.39, 0.29) is 25.7 Å². The third kappa shape index (κ3) is 6.80. The van der Waals surface area contributed by atoms with E-state index in [1.165, 1.54) is 0 Å². The summed E-state index contributed by atoms with van der Waals surface area (Å²) in [6.07, 6.45) is -17.5. The minimum absolute atomic E-state index is 0.178. The largest absolute Gasteiger partial charge is 0.455 e. The lowest BCUT2D eigenvalue weighted by molar-refractivity contribution is -0.396. The van der Waals surface area contributed by atoms with Crippen LogP contribution < -0.4 is 0 Å². The van der Waals surface area contributed by atoms with E-state index in [1.54, 1.807) is 0 Å². The van der Waals surface area contributed by atoms with Crippen molar-refractivity contribution in [1.29, 1.82) is 0 Å². The molecule has 1 saturated carbocycles. The topological polar surface area (TPSA) is 110 Å². The van der Waals surface area contributed by atoms with E-state index in [0.29, 0.717) is 6.42 Å². The van der Waals surface area contributed by atoms with Crippen molar-refractivity contribution >= 4 is 16.1 Å². The van der Waals surface area contributed by atoms with Gasteiger partial charge >= 0.3 is 39.6 Å². The van der Waals surface area contributed by atoms with Gasteiger partial charge in [-0.3, -0.25) is 4.55 Å². The van der Waals surface area contributed by atoms with Crippen molar-refractivity contribution in [3.63, 3.8) is 0 Å². The monoisotopic (exact) mass is 572 g/mol. The standard InChI is InChI=1S/C18H22F10O7S/c1-10(9-34-8-7-14(19,20)18(27,28)36(31,32)33)13(29)35-12(11-5-3-2-4-6-11)15(30,16(21,22)23)17(24,25)26/h11-12,30H,1-9H2,(H,31,32,33). The Bertz CT molecular complexity index is 879. The van der Waals surface area contributed by atoms with Gasteiger partial charge in [0.15, 0.2) is 6.10 Å². The summed E-state index contributed by atoms with van der Waals surface area (Å²) in [6.45, 7) is 0.347. The molecule has 0 saturated heterocycles. The lowest BCUT2D eigenvalue weighted by Crippen LogP contribution is -2.67. The lowest BCUT2D eigenvalue weighted by Gasteiger charge is -2.42. The lowest BCUT2D eigenvalue weighted by atomic mass is 9.77. The molecule has 1 fully saturated rings. The van der Waals surface area contributed by atoms with Gasteiger partial charge in [0.25, 0.3) is 5.60 Å². The van der Waals surface area contributed by atoms with Gasteiger partial charge in [-0.25, -0.2) is 4.79 Å². The number of ether oxygens (including phenoxy) is 2. The van der Waals surface area contributed by atoms with Gasteiger partial charge in [-0.1, -0.05) is 25.8 Å². The molecule has 2 N–H and O–H groups in total. The molecule has 0 aromatic rings. The molecule has 0 heterocycles. The smallest absolute Gasteiger partial charge is 0.431 e. The fourth-order valence-electron chi connectivity index (χ4n) is 3.43. The van der Waals surface area contributed by atoms with Crippen LogP contribution in [0.15, 0.2) is 12.2 Å². The summed E-state index contributed by atoms with van der Waals surface area (Å²) in [5.41, 5.74) is -6.48. The maximum Gasteiger partial charge on any atom is 0.431 e. The van der Waals surface area contributed by atoms with Crippen molar-refractivity contribution in [2.45, 2.75) is 73.8 Å². The first-order chi connectivity index (χ1) is 16.0. The minimum Gasteiger partial charge on any atom is -0.455 e. The van der Waals surface area contributed by atoms with Gasteiger partial charge in [0.1, 0.15) is 0 Å². The number of hydrogen-bond acceptors (Lipinski definition) is 6. The van der Waals surface area contributed by atoms with Crippen LogP contribution in [0.3, 0.4) is 0 Å². The first-order valence-electron chi connectivity index (χ1n) is 10.1.